The lowest BCUT2D eigenvalue weighted by molar-refractivity contribution is -0.123. The predicted octanol–water partition coefficient (Wildman–Crippen LogP) is 6.74. The Morgan fingerprint density at radius 3 is 2.36 bits per heavy atom. The van der Waals surface area contributed by atoms with Crippen molar-refractivity contribution >= 4 is 22.6 Å². The Morgan fingerprint density at radius 1 is 0.810 bits per heavy atom. The van der Waals surface area contributed by atoms with Gasteiger partial charge in [0.2, 0.25) is 5.91 Å². The van der Waals surface area contributed by atoms with Crippen LogP contribution in [0.1, 0.15) is 93.7 Å². The number of nitrogens with one attached hydrogen (secondary N) is 2. The van der Waals surface area contributed by atoms with E-state index in [4.69, 9.17) is 11.5 Å². The summed E-state index contributed by atoms with van der Waals surface area (Å²) in [6.45, 7) is 1.63. The molecule has 1 fully saturated rings. The molecule has 0 saturated heterocycles. The van der Waals surface area contributed by atoms with Crippen molar-refractivity contribution < 1.29 is 4.79 Å². The summed E-state index contributed by atoms with van der Waals surface area (Å²) >= 11 is 0. The highest BCUT2D eigenvalue weighted by Gasteiger charge is 2.18. The number of fused-ring (bicyclic) bond motifs is 1. The summed E-state index contributed by atoms with van der Waals surface area (Å²) in [6.07, 6.45) is 16.6. The average Bonchev–Trinajstić information content (AvgIpc) is 3.02. The molecule has 6 heteroatoms. The van der Waals surface area contributed by atoms with Crippen LogP contribution in [0.4, 0.5) is 0 Å². The number of carbonyl (C=O) groups excluding carboxylic acids is 1. The van der Waals surface area contributed by atoms with Crippen LogP contribution < -0.4 is 22.1 Å². The fraction of sp³-hybridized carbons (Fsp3) is 0.500. The number of nitrogens with zero attached hydrogens (tertiary/aromatic N) is 1. The molecule has 6 N–H and O–H groups in total. The molecule has 1 amide bonds. The number of nitrogens with two attached hydrogens (primary N) is 2. The molecule has 42 heavy (non-hydrogen) atoms. The van der Waals surface area contributed by atoms with Gasteiger partial charge in [0.1, 0.15) is 0 Å². The average molecular weight is 570 g/mol. The number of hydrogen-bond donors (Lipinski definition) is 4. The minimum Gasteiger partial charge on any atom is -0.370 e. The second kappa shape index (κ2) is 17.5. The first kappa shape index (κ1) is 31.6. The number of unbranched alkanes of at least 4 members (excludes halogenated alkanes) is 3. The van der Waals surface area contributed by atoms with E-state index in [2.05, 4.69) is 76.3 Å². The van der Waals surface area contributed by atoms with E-state index in [0.29, 0.717) is 32.5 Å². The summed E-state index contributed by atoms with van der Waals surface area (Å²) in [4.78, 5) is 17.4. The Bertz CT molecular complexity index is 1240. The molecule has 1 atom stereocenters. The van der Waals surface area contributed by atoms with Gasteiger partial charge in [-0.25, -0.2) is 0 Å². The van der Waals surface area contributed by atoms with Crippen LogP contribution >= 0.6 is 0 Å². The first-order valence-electron chi connectivity index (χ1n) is 16.2. The van der Waals surface area contributed by atoms with Crippen molar-refractivity contribution in [2.75, 3.05) is 6.54 Å². The number of aliphatic imine (C=N–C) groups is 1. The molecule has 0 unspecified atom stereocenters. The van der Waals surface area contributed by atoms with Crippen molar-refractivity contribution in [3.05, 3.63) is 83.4 Å². The van der Waals surface area contributed by atoms with Gasteiger partial charge >= 0.3 is 0 Å². The third kappa shape index (κ3) is 10.8. The van der Waals surface area contributed by atoms with Crippen molar-refractivity contribution in [1.29, 1.82) is 0 Å². The molecule has 3 aromatic rings. The van der Waals surface area contributed by atoms with Crippen molar-refractivity contribution in [1.82, 2.24) is 10.6 Å². The van der Waals surface area contributed by atoms with Crippen LogP contribution in [0.25, 0.3) is 10.8 Å². The molecule has 1 aliphatic carbocycles. The Morgan fingerprint density at radius 2 is 1.55 bits per heavy atom. The highest BCUT2D eigenvalue weighted by atomic mass is 16.2. The Hall–Kier alpha value is -3.38. The number of carbonyl (C=O) groups is 1. The van der Waals surface area contributed by atoms with Gasteiger partial charge in [0.25, 0.3) is 0 Å². The van der Waals surface area contributed by atoms with Gasteiger partial charge in [-0.1, -0.05) is 125 Å². The molecule has 3 aromatic carbocycles. The standard InChI is InChI=1S/C36H51N5O/c37-36(38)39-25-11-20-34(40-27-32-18-10-17-31-16-8-9-19-33(31)32)35(42)41-26-30-23-21-29(22-24-30)15-5-2-1-4-12-28-13-6-3-7-14-28/h8-10,16-19,21-24,28,34,40H,1-7,11-15,20,25-27H2,(H,41,42)(H4,37,38,39)/t34-/m0/s1. The number of benzene rings is 3. The van der Waals surface area contributed by atoms with E-state index in [-0.39, 0.29) is 17.9 Å². The summed E-state index contributed by atoms with van der Waals surface area (Å²) in [7, 11) is 0. The fourth-order valence-corrected chi connectivity index (χ4v) is 6.24. The Kier molecular flexibility index (Phi) is 13.2. The normalized spacial score (nSPS) is 14.5. The van der Waals surface area contributed by atoms with E-state index >= 15 is 0 Å². The second-order valence-electron chi connectivity index (χ2n) is 12.0. The number of amides is 1. The quantitative estimate of drug-likeness (QED) is 0.0820. The van der Waals surface area contributed by atoms with Crippen molar-refractivity contribution in [2.45, 2.75) is 103 Å². The lowest BCUT2D eigenvalue weighted by Crippen LogP contribution is -2.43. The largest absolute Gasteiger partial charge is 0.370 e. The molecule has 0 radical (unpaired) electrons. The topological polar surface area (TPSA) is 106 Å². The maximum atomic E-state index is 13.3. The number of rotatable bonds is 17. The van der Waals surface area contributed by atoms with Crippen molar-refractivity contribution in [3.8, 4) is 0 Å². The van der Waals surface area contributed by atoms with Gasteiger partial charge < -0.3 is 22.1 Å². The molecular weight excluding hydrogens is 518 g/mol. The molecule has 0 aromatic heterocycles. The zero-order valence-electron chi connectivity index (χ0n) is 25.3. The maximum Gasteiger partial charge on any atom is 0.237 e. The highest BCUT2D eigenvalue weighted by molar-refractivity contribution is 5.86. The lowest BCUT2D eigenvalue weighted by Gasteiger charge is -2.21. The van der Waals surface area contributed by atoms with E-state index in [1.54, 1.807) is 0 Å². The SMILES string of the molecule is NC(N)=NCCC[C@H](NCc1cccc2ccccc12)C(=O)NCc1ccc(CCCCCCC2CCCCC2)cc1. The Balaban J connectivity index is 1.21. The molecule has 226 valence electrons. The van der Waals surface area contributed by atoms with Crippen LogP contribution in [0.15, 0.2) is 71.7 Å². The van der Waals surface area contributed by atoms with E-state index in [0.717, 1.165) is 17.9 Å². The predicted molar refractivity (Wildman–Crippen MR) is 176 cm³/mol. The van der Waals surface area contributed by atoms with Crippen molar-refractivity contribution in [3.63, 3.8) is 0 Å². The molecule has 0 heterocycles. The monoisotopic (exact) mass is 569 g/mol. The fourth-order valence-electron chi connectivity index (χ4n) is 6.24. The van der Waals surface area contributed by atoms with E-state index in [1.165, 1.54) is 86.1 Å². The van der Waals surface area contributed by atoms with Gasteiger partial charge in [-0.3, -0.25) is 9.79 Å². The molecule has 0 aliphatic heterocycles. The van der Waals surface area contributed by atoms with Crippen LogP contribution in [-0.2, 0) is 24.3 Å². The summed E-state index contributed by atoms with van der Waals surface area (Å²) in [5, 5.41) is 9.04. The van der Waals surface area contributed by atoms with E-state index < -0.39 is 0 Å². The molecule has 0 spiro atoms. The highest BCUT2D eigenvalue weighted by Crippen LogP contribution is 2.28. The van der Waals surface area contributed by atoms with Gasteiger partial charge in [0.15, 0.2) is 5.96 Å². The van der Waals surface area contributed by atoms with Crippen LogP contribution in [0.2, 0.25) is 0 Å². The number of guanidine groups is 1. The third-order valence-electron chi connectivity index (χ3n) is 8.72. The molecule has 1 aliphatic rings. The number of hydrogen-bond acceptors (Lipinski definition) is 3. The molecule has 1 saturated carbocycles. The smallest absolute Gasteiger partial charge is 0.237 e. The molecule has 4 rings (SSSR count). The minimum atomic E-state index is -0.337. The maximum absolute atomic E-state index is 13.3. The molecule has 6 nitrogen and oxygen atoms in total. The summed E-state index contributed by atoms with van der Waals surface area (Å²) in [6, 6.07) is 23.0. The van der Waals surface area contributed by atoms with Gasteiger partial charge in [-0.15, -0.1) is 0 Å². The van der Waals surface area contributed by atoms with Gasteiger partial charge in [0.05, 0.1) is 6.04 Å². The third-order valence-corrected chi connectivity index (χ3v) is 8.72. The van der Waals surface area contributed by atoms with Crippen LogP contribution in [0.5, 0.6) is 0 Å². The summed E-state index contributed by atoms with van der Waals surface area (Å²) in [5.74, 6) is 1.09. The summed E-state index contributed by atoms with van der Waals surface area (Å²) in [5.41, 5.74) is 14.6. The first-order chi connectivity index (χ1) is 20.6. The van der Waals surface area contributed by atoms with Gasteiger partial charge in [-0.2, -0.15) is 0 Å². The van der Waals surface area contributed by atoms with E-state index in [1.807, 2.05) is 6.07 Å². The minimum absolute atomic E-state index is 0.00256. The number of aryl methyl sites for hydroxylation is 1. The van der Waals surface area contributed by atoms with Gasteiger partial charge in [0, 0.05) is 19.6 Å². The van der Waals surface area contributed by atoms with Crippen LogP contribution in [0, 0.1) is 5.92 Å². The van der Waals surface area contributed by atoms with Crippen LogP contribution in [-0.4, -0.2) is 24.5 Å². The van der Waals surface area contributed by atoms with Gasteiger partial charge in [-0.05, 0) is 59.1 Å². The zero-order chi connectivity index (χ0) is 29.4. The van der Waals surface area contributed by atoms with E-state index in [9.17, 15) is 4.79 Å². The molecule has 0 bridgehead atoms. The first-order valence-corrected chi connectivity index (χ1v) is 16.2. The summed E-state index contributed by atoms with van der Waals surface area (Å²) < 4.78 is 0. The van der Waals surface area contributed by atoms with Crippen molar-refractivity contribution in [2.24, 2.45) is 22.4 Å². The zero-order valence-corrected chi connectivity index (χ0v) is 25.3. The molecular formula is C36H51N5O. The van der Waals surface area contributed by atoms with Crippen LogP contribution in [0.3, 0.4) is 0 Å². The Labute approximate surface area is 252 Å². The second-order valence-corrected chi connectivity index (χ2v) is 12.0. The lowest BCUT2D eigenvalue weighted by atomic mass is 9.85.